The molecular formula is C16H14Br2O4. The van der Waals surface area contributed by atoms with Crippen molar-refractivity contribution < 1.29 is 19.7 Å². The van der Waals surface area contributed by atoms with Crippen LogP contribution < -0.4 is 9.47 Å². The Morgan fingerprint density at radius 3 is 2.68 bits per heavy atom. The van der Waals surface area contributed by atoms with Gasteiger partial charge in [0, 0.05) is 10.0 Å². The first-order valence-electron chi connectivity index (χ1n) is 6.68. The molecule has 2 aromatic carbocycles. The summed E-state index contributed by atoms with van der Waals surface area (Å²) in [4.78, 5) is 0. The van der Waals surface area contributed by atoms with Crippen molar-refractivity contribution in [2.45, 2.75) is 12.0 Å². The van der Waals surface area contributed by atoms with E-state index in [2.05, 4.69) is 31.9 Å². The van der Waals surface area contributed by atoms with Crippen LogP contribution in [0.15, 0.2) is 39.3 Å². The lowest BCUT2D eigenvalue weighted by Gasteiger charge is -2.19. The van der Waals surface area contributed by atoms with E-state index in [4.69, 9.17) is 9.47 Å². The zero-order valence-corrected chi connectivity index (χ0v) is 14.9. The quantitative estimate of drug-likeness (QED) is 0.769. The van der Waals surface area contributed by atoms with Crippen molar-refractivity contribution in [2.24, 2.45) is 0 Å². The van der Waals surface area contributed by atoms with Crippen LogP contribution in [0.1, 0.15) is 23.1 Å². The van der Waals surface area contributed by atoms with Gasteiger partial charge in [-0.2, -0.15) is 0 Å². The standard InChI is InChI=1S/C16H14Br2O4/c1-21-14-5-8(4-12(18)15(14)20)16-11(7-19)10-6-9(17)2-3-13(10)22-16/h2-6,11,16,19-20H,7H2,1H3/t11-,16+/m0/s1. The summed E-state index contributed by atoms with van der Waals surface area (Å²) < 4.78 is 12.7. The van der Waals surface area contributed by atoms with Gasteiger partial charge in [0.25, 0.3) is 0 Å². The molecule has 3 rings (SSSR count). The fourth-order valence-corrected chi connectivity index (χ4v) is 3.55. The lowest BCUT2D eigenvalue weighted by Crippen LogP contribution is -2.13. The van der Waals surface area contributed by atoms with Crippen LogP contribution in [0.4, 0.5) is 0 Å². The zero-order chi connectivity index (χ0) is 15.9. The number of benzene rings is 2. The van der Waals surface area contributed by atoms with Gasteiger partial charge in [-0.25, -0.2) is 0 Å². The highest BCUT2D eigenvalue weighted by atomic mass is 79.9. The van der Waals surface area contributed by atoms with Crippen LogP contribution in [0.5, 0.6) is 17.2 Å². The second kappa shape index (κ2) is 6.10. The monoisotopic (exact) mass is 428 g/mol. The van der Waals surface area contributed by atoms with Crippen molar-refractivity contribution in [3.8, 4) is 17.2 Å². The normalized spacial score (nSPS) is 19.6. The van der Waals surface area contributed by atoms with Crippen LogP contribution in [0.2, 0.25) is 0 Å². The summed E-state index contributed by atoms with van der Waals surface area (Å²) in [6.45, 7) is -0.0328. The maximum absolute atomic E-state index is 9.93. The van der Waals surface area contributed by atoms with Crippen LogP contribution in [-0.4, -0.2) is 23.9 Å². The van der Waals surface area contributed by atoms with Gasteiger partial charge in [-0.1, -0.05) is 15.9 Å². The minimum Gasteiger partial charge on any atom is -0.503 e. The number of phenols is 1. The highest BCUT2D eigenvalue weighted by Gasteiger charge is 2.36. The van der Waals surface area contributed by atoms with Crippen molar-refractivity contribution in [1.29, 1.82) is 0 Å². The van der Waals surface area contributed by atoms with Crippen LogP contribution in [0.3, 0.4) is 0 Å². The molecule has 0 bridgehead atoms. The Labute approximate surface area is 144 Å². The molecule has 6 heteroatoms. The molecule has 0 saturated carbocycles. The predicted molar refractivity (Wildman–Crippen MR) is 89.7 cm³/mol. The number of aliphatic hydroxyl groups excluding tert-OH is 1. The van der Waals surface area contributed by atoms with E-state index in [1.54, 1.807) is 12.1 Å². The lowest BCUT2D eigenvalue weighted by molar-refractivity contribution is 0.159. The van der Waals surface area contributed by atoms with Gasteiger partial charge in [0.2, 0.25) is 0 Å². The Balaban J connectivity index is 2.05. The van der Waals surface area contributed by atoms with Gasteiger partial charge < -0.3 is 19.7 Å². The third-order valence-electron chi connectivity index (χ3n) is 3.79. The Hall–Kier alpha value is -1.24. The molecule has 4 nitrogen and oxygen atoms in total. The third kappa shape index (κ3) is 2.59. The summed E-state index contributed by atoms with van der Waals surface area (Å²) >= 11 is 6.76. The first-order chi connectivity index (χ1) is 10.5. The van der Waals surface area contributed by atoms with E-state index in [0.717, 1.165) is 21.3 Å². The molecule has 1 aliphatic rings. The molecule has 116 valence electrons. The highest BCUT2D eigenvalue weighted by Crippen LogP contribution is 2.48. The van der Waals surface area contributed by atoms with Gasteiger partial charge in [-0.05, 0) is 51.8 Å². The molecule has 2 atom stereocenters. The minimum absolute atomic E-state index is 0.0328. The van der Waals surface area contributed by atoms with Gasteiger partial charge in [-0.15, -0.1) is 0 Å². The van der Waals surface area contributed by atoms with Gasteiger partial charge in [-0.3, -0.25) is 0 Å². The molecule has 0 aliphatic carbocycles. The number of methoxy groups -OCH3 is 1. The Kier molecular flexibility index (Phi) is 4.34. The summed E-state index contributed by atoms with van der Waals surface area (Å²) in [6.07, 6.45) is -0.333. The molecule has 0 spiro atoms. The van der Waals surface area contributed by atoms with Crippen molar-refractivity contribution in [3.63, 3.8) is 0 Å². The Morgan fingerprint density at radius 1 is 1.23 bits per heavy atom. The third-order valence-corrected chi connectivity index (χ3v) is 4.88. The number of phenolic OH excluding ortho intramolecular Hbond substituents is 1. The van der Waals surface area contributed by atoms with Crippen molar-refractivity contribution in [3.05, 3.63) is 50.4 Å². The van der Waals surface area contributed by atoms with Crippen LogP contribution in [-0.2, 0) is 0 Å². The fraction of sp³-hybridized carbons (Fsp3) is 0.250. The number of hydrogen-bond acceptors (Lipinski definition) is 4. The van der Waals surface area contributed by atoms with Crippen molar-refractivity contribution in [1.82, 2.24) is 0 Å². The van der Waals surface area contributed by atoms with Gasteiger partial charge in [0.05, 0.1) is 24.1 Å². The molecule has 2 N–H and O–H groups in total. The zero-order valence-electron chi connectivity index (χ0n) is 11.7. The average Bonchev–Trinajstić information content (AvgIpc) is 2.87. The number of fused-ring (bicyclic) bond motifs is 1. The summed E-state index contributed by atoms with van der Waals surface area (Å²) in [6, 6.07) is 9.26. The molecule has 2 aromatic rings. The van der Waals surface area contributed by atoms with Crippen molar-refractivity contribution in [2.75, 3.05) is 13.7 Å². The second-order valence-electron chi connectivity index (χ2n) is 5.06. The van der Waals surface area contributed by atoms with E-state index in [-0.39, 0.29) is 24.4 Å². The number of aromatic hydroxyl groups is 1. The molecule has 22 heavy (non-hydrogen) atoms. The largest absolute Gasteiger partial charge is 0.503 e. The molecule has 0 amide bonds. The van der Waals surface area contributed by atoms with Crippen LogP contribution in [0.25, 0.3) is 0 Å². The van der Waals surface area contributed by atoms with E-state index in [9.17, 15) is 10.2 Å². The SMILES string of the molecule is COc1cc([C@H]2Oc3ccc(Br)cc3[C@@H]2CO)cc(Br)c1O. The first kappa shape index (κ1) is 15.6. The van der Waals surface area contributed by atoms with Gasteiger partial charge in [0.1, 0.15) is 11.9 Å². The van der Waals surface area contributed by atoms with Gasteiger partial charge in [0.15, 0.2) is 11.5 Å². The summed E-state index contributed by atoms with van der Waals surface area (Å²) in [5, 5.41) is 19.7. The molecule has 0 saturated heterocycles. The molecule has 1 aliphatic heterocycles. The number of rotatable bonds is 3. The Morgan fingerprint density at radius 2 is 2.00 bits per heavy atom. The Bertz CT molecular complexity index is 718. The maximum Gasteiger partial charge on any atom is 0.172 e. The summed E-state index contributed by atoms with van der Waals surface area (Å²) in [5.74, 6) is 0.996. The number of halogens is 2. The topological polar surface area (TPSA) is 58.9 Å². The molecule has 0 radical (unpaired) electrons. The van der Waals surface area contributed by atoms with Crippen LogP contribution in [0, 0.1) is 0 Å². The van der Waals surface area contributed by atoms with Crippen molar-refractivity contribution >= 4 is 31.9 Å². The molecule has 0 unspecified atom stereocenters. The minimum atomic E-state index is -0.333. The van der Waals surface area contributed by atoms with Crippen LogP contribution >= 0.6 is 31.9 Å². The predicted octanol–water partition coefficient (Wildman–Crippen LogP) is 4.14. The van der Waals surface area contributed by atoms with E-state index in [1.165, 1.54) is 7.11 Å². The smallest absolute Gasteiger partial charge is 0.172 e. The second-order valence-corrected chi connectivity index (χ2v) is 6.83. The summed E-state index contributed by atoms with van der Waals surface area (Å²) in [5.41, 5.74) is 1.79. The molecule has 0 fully saturated rings. The maximum atomic E-state index is 9.93. The summed E-state index contributed by atoms with van der Waals surface area (Å²) in [7, 11) is 1.50. The highest BCUT2D eigenvalue weighted by molar-refractivity contribution is 9.10. The number of ether oxygens (including phenoxy) is 2. The molecular weight excluding hydrogens is 416 g/mol. The van der Waals surface area contributed by atoms with E-state index >= 15 is 0 Å². The number of hydrogen-bond donors (Lipinski definition) is 2. The van der Waals surface area contributed by atoms with E-state index in [0.29, 0.717) is 10.2 Å². The van der Waals surface area contributed by atoms with Gasteiger partial charge >= 0.3 is 0 Å². The van der Waals surface area contributed by atoms with E-state index < -0.39 is 0 Å². The first-order valence-corrected chi connectivity index (χ1v) is 8.27. The average molecular weight is 430 g/mol. The fourth-order valence-electron chi connectivity index (χ4n) is 2.71. The molecule has 0 aromatic heterocycles. The molecule has 1 heterocycles. The number of aliphatic hydroxyl groups is 1. The van der Waals surface area contributed by atoms with E-state index in [1.807, 2.05) is 18.2 Å². The lowest BCUT2D eigenvalue weighted by atomic mass is 9.92.